The Hall–Kier alpha value is -2.19. The van der Waals surface area contributed by atoms with Crippen LogP contribution in [0.2, 0.25) is 10.0 Å². The molecule has 1 aliphatic rings. The summed E-state index contributed by atoms with van der Waals surface area (Å²) >= 11 is 17.0. The van der Waals surface area contributed by atoms with E-state index in [4.69, 9.17) is 40.2 Å². The molecule has 0 radical (unpaired) electrons. The number of hydrogen-bond acceptors (Lipinski definition) is 4. The number of halogens is 2. The molecule has 1 aliphatic heterocycles. The fourth-order valence-electron chi connectivity index (χ4n) is 2.67. The summed E-state index contributed by atoms with van der Waals surface area (Å²) < 4.78 is 5.26. The Morgan fingerprint density at radius 3 is 2.18 bits per heavy atom. The highest BCUT2D eigenvalue weighted by molar-refractivity contribution is 7.80. The standard InChI is InChI=1S/C19H17Cl2N3O3S/c20-14-9-13(10-15(21)11-14)17(25)23-19(28)22-16-3-1-12(2-4-16)18(26)24-5-7-27-8-6-24/h1-4,9-11H,5-8H2,(H2,22,23,25,28). The topological polar surface area (TPSA) is 70.7 Å². The first kappa shape index (κ1) is 20.5. The van der Waals surface area contributed by atoms with E-state index in [1.807, 2.05) is 0 Å². The third-order valence-corrected chi connectivity index (χ3v) is 4.68. The van der Waals surface area contributed by atoms with Crippen LogP contribution >= 0.6 is 35.4 Å². The lowest BCUT2D eigenvalue weighted by molar-refractivity contribution is 0.0303. The number of nitrogens with zero attached hydrogens (tertiary/aromatic N) is 1. The molecule has 146 valence electrons. The van der Waals surface area contributed by atoms with E-state index in [0.29, 0.717) is 53.2 Å². The van der Waals surface area contributed by atoms with Crippen LogP contribution in [0.15, 0.2) is 42.5 Å². The Morgan fingerprint density at radius 1 is 0.964 bits per heavy atom. The van der Waals surface area contributed by atoms with Crippen LogP contribution in [-0.4, -0.2) is 48.1 Å². The number of carbonyl (C=O) groups is 2. The number of hydrogen-bond donors (Lipinski definition) is 2. The first-order chi connectivity index (χ1) is 13.4. The lowest BCUT2D eigenvalue weighted by Crippen LogP contribution is -2.40. The van der Waals surface area contributed by atoms with Gasteiger partial charge in [-0.3, -0.25) is 14.9 Å². The lowest BCUT2D eigenvalue weighted by Gasteiger charge is -2.26. The maximum atomic E-state index is 12.4. The number of amides is 2. The molecule has 2 aromatic carbocycles. The van der Waals surface area contributed by atoms with E-state index < -0.39 is 5.91 Å². The molecule has 1 heterocycles. The zero-order chi connectivity index (χ0) is 20.1. The van der Waals surface area contributed by atoms with Gasteiger partial charge in [0, 0.05) is 39.9 Å². The van der Waals surface area contributed by atoms with Gasteiger partial charge < -0.3 is 15.0 Å². The van der Waals surface area contributed by atoms with Gasteiger partial charge in [-0.2, -0.15) is 0 Å². The van der Waals surface area contributed by atoms with Gasteiger partial charge in [-0.25, -0.2) is 0 Å². The smallest absolute Gasteiger partial charge is 0.257 e. The van der Waals surface area contributed by atoms with Crippen molar-refractivity contribution in [3.05, 3.63) is 63.6 Å². The molecule has 0 aromatic heterocycles. The number of ether oxygens (including phenoxy) is 1. The molecule has 1 saturated heterocycles. The summed E-state index contributed by atoms with van der Waals surface area (Å²) in [6.45, 7) is 2.28. The molecule has 0 spiro atoms. The normalized spacial score (nSPS) is 13.7. The van der Waals surface area contributed by atoms with E-state index >= 15 is 0 Å². The van der Waals surface area contributed by atoms with Crippen molar-refractivity contribution in [2.75, 3.05) is 31.6 Å². The maximum Gasteiger partial charge on any atom is 0.257 e. The highest BCUT2D eigenvalue weighted by Gasteiger charge is 2.18. The van der Waals surface area contributed by atoms with Crippen LogP contribution in [0.25, 0.3) is 0 Å². The van der Waals surface area contributed by atoms with Crippen molar-refractivity contribution in [3.8, 4) is 0 Å². The quantitative estimate of drug-likeness (QED) is 0.717. The fraction of sp³-hybridized carbons (Fsp3) is 0.211. The zero-order valence-corrected chi connectivity index (χ0v) is 17.0. The van der Waals surface area contributed by atoms with E-state index in [9.17, 15) is 9.59 Å². The average Bonchev–Trinajstić information content (AvgIpc) is 2.68. The summed E-state index contributed by atoms with van der Waals surface area (Å²) in [5, 5.41) is 6.30. The van der Waals surface area contributed by atoms with Gasteiger partial charge in [-0.05, 0) is 54.7 Å². The van der Waals surface area contributed by atoms with Crippen LogP contribution in [0.4, 0.5) is 5.69 Å². The monoisotopic (exact) mass is 437 g/mol. The minimum Gasteiger partial charge on any atom is -0.378 e. The predicted molar refractivity (Wildman–Crippen MR) is 113 cm³/mol. The third-order valence-electron chi connectivity index (χ3n) is 4.04. The minimum absolute atomic E-state index is 0.0384. The molecule has 28 heavy (non-hydrogen) atoms. The Labute approximate surface area is 177 Å². The fourth-order valence-corrected chi connectivity index (χ4v) is 3.40. The summed E-state index contributed by atoms with van der Waals surface area (Å²) in [7, 11) is 0. The molecular weight excluding hydrogens is 421 g/mol. The second kappa shape index (κ2) is 9.34. The Morgan fingerprint density at radius 2 is 1.57 bits per heavy atom. The molecule has 0 unspecified atom stereocenters. The van der Waals surface area contributed by atoms with Crippen LogP contribution in [0, 0.1) is 0 Å². The van der Waals surface area contributed by atoms with Gasteiger partial charge >= 0.3 is 0 Å². The van der Waals surface area contributed by atoms with Crippen molar-refractivity contribution in [2.45, 2.75) is 0 Å². The summed E-state index contributed by atoms with van der Waals surface area (Å²) in [5.41, 5.74) is 1.53. The molecule has 6 nitrogen and oxygen atoms in total. The Balaban J connectivity index is 1.58. The van der Waals surface area contributed by atoms with E-state index in [1.165, 1.54) is 18.2 Å². The number of rotatable bonds is 3. The van der Waals surface area contributed by atoms with Gasteiger partial charge in [0.2, 0.25) is 0 Å². The average molecular weight is 438 g/mol. The molecular formula is C19H17Cl2N3O3S. The van der Waals surface area contributed by atoms with Gasteiger partial charge in [-0.1, -0.05) is 23.2 Å². The summed E-state index contributed by atoms with van der Waals surface area (Å²) in [6.07, 6.45) is 0. The largest absolute Gasteiger partial charge is 0.378 e. The molecule has 1 fully saturated rings. The summed E-state index contributed by atoms with van der Waals surface area (Å²) in [4.78, 5) is 26.4. The number of morpholine rings is 1. The molecule has 2 amide bonds. The van der Waals surface area contributed by atoms with Gasteiger partial charge in [-0.15, -0.1) is 0 Å². The van der Waals surface area contributed by atoms with Gasteiger partial charge in [0.1, 0.15) is 0 Å². The third kappa shape index (κ3) is 5.42. The van der Waals surface area contributed by atoms with E-state index in [0.717, 1.165) is 0 Å². The van der Waals surface area contributed by atoms with Crippen LogP contribution < -0.4 is 10.6 Å². The Kier molecular flexibility index (Phi) is 6.85. The highest BCUT2D eigenvalue weighted by Crippen LogP contribution is 2.19. The first-order valence-corrected chi connectivity index (χ1v) is 9.64. The van der Waals surface area contributed by atoms with E-state index in [1.54, 1.807) is 29.2 Å². The molecule has 2 N–H and O–H groups in total. The predicted octanol–water partition coefficient (Wildman–Crippen LogP) is 3.59. The van der Waals surface area contributed by atoms with Crippen molar-refractivity contribution in [1.29, 1.82) is 0 Å². The second-order valence-corrected chi connectivity index (χ2v) is 7.33. The number of thiocarbonyl (C=S) groups is 1. The van der Waals surface area contributed by atoms with Crippen molar-refractivity contribution < 1.29 is 14.3 Å². The van der Waals surface area contributed by atoms with Gasteiger partial charge in [0.25, 0.3) is 11.8 Å². The van der Waals surface area contributed by atoms with E-state index in [2.05, 4.69) is 10.6 Å². The summed E-state index contributed by atoms with van der Waals surface area (Å²) in [6, 6.07) is 11.4. The van der Waals surface area contributed by atoms with Gasteiger partial charge in [0.05, 0.1) is 13.2 Å². The van der Waals surface area contributed by atoms with Crippen molar-refractivity contribution in [3.63, 3.8) is 0 Å². The molecule has 0 atom stereocenters. The highest BCUT2D eigenvalue weighted by atomic mass is 35.5. The zero-order valence-electron chi connectivity index (χ0n) is 14.7. The van der Waals surface area contributed by atoms with Crippen molar-refractivity contribution >= 4 is 58.0 Å². The van der Waals surface area contributed by atoms with Gasteiger partial charge in [0.15, 0.2) is 5.11 Å². The van der Waals surface area contributed by atoms with Crippen LogP contribution in [0.5, 0.6) is 0 Å². The molecule has 0 aliphatic carbocycles. The molecule has 0 bridgehead atoms. The molecule has 2 aromatic rings. The van der Waals surface area contributed by atoms with Crippen LogP contribution in [-0.2, 0) is 4.74 Å². The molecule has 9 heteroatoms. The first-order valence-electron chi connectivity index (χ1n) is 8.48. The van der Waals surface area contributed by atoms with Crippen LogP contribution in [0.1, 0.15) is 20.7 Å². The van der Waals surface area contributed by atoms with Crippen molar-refractivity contribution in [1.82, 2.24) is 10.2 Å². The number of benzene rings is 2. The lowest BCUT2D eigenvalue weighted by atomic mass is 10.1. The van der Waals surface area contributed by atoms with Crippen LogP contribution in [0.3, 0.4) is 0 Å². The minimum atomic E-state index is -0.430. The molecule has 3 rings (SSSR count). The van der Waals surface area contributed by atoms with E-state index in [-0.39, 0.29) is 11.0 Å². The number of nitrogens with one attached hydrogen (secondary N) is 2. The number of anilines is 1. The second-order valence-electron chi connectivity index (χ2n) is 6.05. The molecule has 0 saturated carbocycles. The van der Waals surface area contributed by atoms with Crippen molar-refractivity contribution in [2.24, 2.45) is 0 Å². The SMILES string of the molecule is O=C(NC(=S)Nc1ccc(C(=O)N2CCOCC2)cc1)c1cc(Cl)cc(Cl)c1. The maximum absolute atomic E-state index is 12.4. The summed E-state index contributed by atoms with van der Waals surface area (Å²) in [5.74, 6) is -0.468. The number of carbonyl (C=O) groups excluding carboxylic acids is 2. The Bertz CT molecular complexity index is 880.